The molecule has 0 amide bonds. The summed E-state index contributed by atoms with van der Waals surface area (Å²) in [5.41, 5.74) is 0. The van der Waals surface area contributed by atoms with E-state index in [9.17, 15) is 8.42 Å². The van der Waals surface area contributed by atoms with E-state index in [1.54, 1.807) is 29.9 Å². The zero-order valence-electron chi connectivity index (χ0n) is 13.4. The maximum Gasteiger partial charge on any atom is 0.246 e. The third-order valence-electron chi connectivity index (χ3n) is 4.82. The number of hydrogen-bond donors (Lipinski definition) is 0. The van der Waals surface area contributed by atoms with Crippen molar-refractivity contribution in [1.29, 1.82) is 0 Å². The minimum atomic E-state index is -3.49. The number of aromatic nitrogens is 3. The number of aryl methyl sites for hydroxylation is 1. The molecule has 0 spiro atoms. The van der Waals surface area contributed by atoms with Gasteiger partial charge in [-0.3, -0.25) is 9.67 Å². The van der Waals surface area contributed by atoms with Crippen molar-refractivity contribution in [2.45, 2.75) is 48.8 Å². The zero-order chi connectivity index (χ0) is 16.7. The van der Waals surface area contributed by atoms with Gasteiger partial charge in [0.05, 0.1) is 12.4 Å². The van der Waals surface area contributed by atoms with Gasteiger partial charge in [-0.15, -0.1) is 0 Å². The van der Waals surface area contributed by atoms with Crippen LogP contribution in [0.2, 0.25) is 0 Å². The SMILES string of the molecule is Cn1cc(S(=O)(=O)N2[C@H]3CC[C@H]2CC(Oc2cccnc2)C3)cn1. The molecular formula is C16H20N4O3S. The number of pyridine rings is 1. The molecule has 4 rings (SSSR count). The van der Waals surface area contributed by atoms with Gasteiger partial charge in [0.25, 0.3) is 0 Å². The molecule has 2 aliphatic heterocycles. The molecule has 8 heteroatoms. The number of nitrogens with zero attached hydrogens (tertiary/aromatic N) is 4. The first-order valence-electron chi connectivity index (χ1n) is 8.13. The molecule has 2 aliphatic rings. The van der Waals surface area contributed by atoms with E-state index in [0.29, 0.717) is 12.8 Å². The predicted octanol–water partition coefficient (Wildman–Crippen LogP) is 1.58. The summed E-state index contributed by atoms with van der Waals surface area (Å²) in [7, 11) is -1.77. The summed E-state index contributed by atoms with van der Waals surface area (Å²) < 4.78 is 35.1. The van der Waals surface area contributed by atoms with Crippen LogP contribution in [0.4, 0.5) is 0 Å². The molecular weight excluding hydrogens is 328 g/mol. The van der Waals surface area contributed by atoms with E-state index in [1.807, 2.05) is 12.1 Å². The molecule has 2 bridgehead atoms. The molecule has 0 aliphatic carbocycles. The summed E-state index contributed by atoms with van der Waals surface area (Å²) in [6, 6.07) is 3.71. The van der Waals surface area contributed by atoms with Gasteiger partial charge in [-0.25, -0.2) is 8.42 Å². The van der Waals surface area contributed by atoms with Crippen molar-refractivity contribution in [2.24, 2.45) is 7.05 Å². The van der Waals surface area contributed by atoms with Gasteiger partial charge in [0.2, 0.25) is 10.0 Å². The molecule has 0 N–H and O–H groups in total. The summed E-state index contributed by atoms with van der Waals surface area (Å²) in [6.45, 7) is 0. The molecule has 0 radical (unpaired) electrons. The first kappa shape index (κ1) is 15.6. The molecule has 2 aromatic heterocycles. The van der Waals surface area contributed by atoms with Gasteiger partial charge in [-0.05, 0) is 25.0 Å². The van der Waals surface area contributed by atoms with Crippen LogP contribution < -0.4 is 4.74 Å². The van der Waals surface area contributed by atoms with Crippen LogP contribution in [-0.2, 0) is 17.1 Å². The number of hydrogen-bond acceptors (Lipinski definition) is 5. The number of fused-ring (bicyclic) bond motifs is 2. The highest BCUT2D eigenvalue weighted by molar-refractivity contribution is 7.89. The third-order valence-corrected chi connectivity index (χ3v) is 6.77. The van der Waals surface area contributed by atoms with Gasteiger partial charge in [-0.2, -0.15) is 9.40 Å². The second kappa shape index (κ2) is 5.86. The number of sulfonamides is 1. The van der Waals surface area contributed by atoms with Gasteiger partial charge in [-0.1, -0.05) is 0 Å². The average molecular weight is 348 g/mol. The van der Waals surface area contributed by atoms with Crippen molar-refractivity contribution in [3.8, 4) is 5.75 Å². The van der Waals surface area contributed by atoms with Gasteiger partial charge < -0.3 is 4.74 Å². The molecule has 128 valence electrons. The maximum atomic E-state index is 12.9. The fraction of sp³-hybridized carbons (Fsp3) is 0.500. The summed E-state index contributed by atoms with van der Waals surface area (Å²) >= 11 is 0. The van der Waals surface area contributed by atoms with Crippen LogP contribution in [0, 0.1) is 0 Å². The largest absolute Gasteiger partial charge is 0.489 e. The van der Waals surface area contributed by atoms with Crippen LogP contribution in [0.15, 0.2) is 41.8 Å². The van der Waals surface area contributed by atoms with Gasteiger partial charge >= 0.3 is 0 Å². The lowest BCUT2D eigenvalue weighted by molar-refractivity contribution is 0.0953. The third kappa shape index (κ3) is 2.69. The lowest BCUT2D eigenvalue weighted by Crippen LogP contribution is -2.49. The highest BCUT2D eigenvalue weighted by atomic mass is 32.2. The van der Waals surface area contributed by atoms with Crippen molar-refractivity contribution in [3.63, 3.8) is 0 Å². The highest BCUT2D eigenvalue weighted by Crippen LogP contribution is 2.40. The standard InChI is InChI=1S/C16H20N4O3S/c1-19-11-16(10-18-19)24(21,22)20-12-4-5-13(20)8-15(7-12)23-14-3-2-6-17-9-14/h2-3,6,9-13,15H,4-5,7-8H2,1H3/t12-,13-/m0/s1. The van der Waals surface area contributed by atoms with Crippen molar-refractivity contribution in [1.82, 2.24) is 19.1 Å². The molecule has 7 nitrogen and oxygen atoms in total. The monoisotopic (exact) mass is 348 g/mol. The van der Waals surface area contributed by atoms with Crippen LogP contribution in [0.5, 0.6) is 5.75 Å². The van der Waals surface area contributed by atoms with Crippen molar-refractivity contribution in [2.75, 3.05) is 0 Å². The van der Waals surface area contributed by atoms with Crippen LogP contribution in [-0.4, -0.2) is 45.7 Å². The van der Waals surface area contributed by atoms with E-state index in [1.165, 1.54) is 10.9 Å². The maximum absolute atomic E-state index is 12.9. The molecule has 2 aromatic rings. The fourth-order valence-corrected chi connectivity index (χ4v) is 5.71. The summed E-state index contributed by atoms with van der Waals surface area (Å²) in [4.78, 5) is 4.33. The first-order chi connectivity index (χ1) is 11.5. The van der Waals surface area contributed by atoms with E-state index in [4.69, 9.17) is 4.74 Å². The molecule has 2 saturated heterocycles. The Labute approximate surface area is 141 Å². The summed E-state index contributed by atoms with van der Waals surface area (Å²) in [5, 5.41) is 4.00. The van der Waals surface area contributed by atoms with Gasteiger partial charge in [0.1, 0.15) is 16.7 Å². The van der Waals surface area contributed by atoms with Crippen LogP contribution in [0.3, 0.4) is 0 Å². The number of rotatable bonds is 4. The van der Waals surface area contributed by atoms with Crippen molar-refractivity contribution in [3.05, 3.63) is 36.9 Å². The molecule has 4 heterocycles. The Morgan fingerprint density at radius 2 is 1.96 bits per heavy atom. The minimum Gasteiger partial charge on any atom is -0.489 e. The number of ether oxygens (including phenoxy) is 1. The Hall–Kier alpha value is -1.93. The van der Waals surface area contributed by atoms with Gasteiger partial charge in [0.15, 0.2) is 0 Å². The zero-order valence-corrected chi connectivity index (χ0v) is 14.3. The normalized spacial score (nSPS) is 27.3. The number of piperidine rings is 1. The fourth-order valence-electron chi connectivity index (χ4n) is 3.84. The van der Waals surface area contributed by atoms with Crippen LogP contribution in [0.25, 0.3) is 0 Å². The second-order valence-corrected chi connectivity index (χ2v) is 8.31. The Morgan fingerprint density at radius 3 is 2.54 bits per heavy atom. The Bertz CT molecular complexity index is 807. The Kier molecular flexibility index (Phi) is 3.80. The topological polar surface area (TPSA) is 77.3 Å². The molecule has 2 atom stereocenters. The van der Waals surface area contributed by atoms with Crippen LogP contribution in [0.1, 0.15) is 25.7 Å². The molecule has 24 heavy (non-hydrogen) atoms. The van der Waals surface area contributed by atoms with E-state index in [0.717, 1.165) is 18.6 Å². The van der Waals surface area contributed by atoms with E-state index in [-0.39, 0.29) is 23.1 Å². The lowest BCUT2D eigenvalue weighted by atomic mass is 10.0. The van der Waals surface area contributed by atoms with Crippen LogP contribution >= 0.6 is 0 Å². The second-order valence-electron chi connectivity index (χ2n) is 6.47. The first-order valence-corrected chi connectivity index (χ1v) is 9.57. The predicted molar refractivity (Wildman–Crippen MR) is 86.9 cm³/mol. The minimum absolute atomic E-state index is 0.00405. The average Bonchev–Trinajstić information content (AvgIpc) is 3.11. The van der Waals surface area contributed by atoms with E-state index in [2.05, 4.69) is 10.1 Å². The molecule has 0 unspecified atom stereocenters. The quantitative estimate of drug-likeness (QED) is 0.838. The smallest absolute Gasteiger partial charge is 0.246 e. The Balaban J connectivity index is 1.53. The van der Waals surface area contributed by atoms with Crippen molar-refractivity contribution >= 4 is 10.0 Å². The van der Waals surface area contributed by atoms with E-state index >= 15 is 0 Å². The van der Waals surface area contributed by atoms with Gasteiger partial charge in [0, 0.05) is 44.4 Å². The summed E-state index contributed by atoms with van der Waals surface area (Å²) in [5.74, 6) is 0.741. The molecule has 0 saturated carbocycles. The van der Waals surface area contributed by atoms with E-state index < -0.39 is 10.0 Å². The molecule has 2 fully saturated rings. The lowest BCUT2D eigenvalue weighted by Gasteiger charge is -2.37. The Morgan fingerprint density at radius 1 is 1.21 bits per heavy atom. The summed E-state index contributed by atoms with van der Waals surface area (Å²) in [6.07, 6.45) is 9.62. The van der Waals surface area contributed by atoms with Crippen molar-refractivity contribution < 1.29 is 13.2 Å². The highest BCUT2D eigenvalue weighted by Gasteiger charge is 2.48. The molecule has 0 aromatic carbocycles.